The number of aromatic nitrogens is 1. The first-order chi connectivity index (χ1) is 23.3. The van der Waals surface area contributed by atoms with Crippen LogP contribution in [0.2, 0.25) is 0 Å². The van der Waals surface area contributed by atoms with Gasteiger partial charge in [0.15, 0.2) is 5.78 Å². The summed E-state index contributed by atoms with van der Waals surface area (Å²) in [5.41, 5.74) is 7.70. The van der Waals surface area contributed by atoms with E-state index in [2.05, 4.69) is 68.2 Å². The Bertz CT molecular complexity index is 1770. The lowest BCUT2D eigenvalue weighted by Crippen LogP contribution is -2.43. The van der Waals surface area contributed by atoms with Crippen LogP contribution >= 0.6 is 0 Å². The number of aromatic amines is 1. The number of hydrogen-bond acceptors (Lipinski definition) is 4. The lowest BCUT2D eigenvalue weighted by Gasteiger charge is -2.30. The number of allylic oxidation sites excluding steroid dienone is 1. The lowest BCUT2D eigenvalue weighted by atomic mass is 9.92. The molecular formula is C43H50N2O3. The third-order valence-electron chi connectivity index (χ3n) is 8.62. The van der Waals surface area contributed by atoms with Crippen molar-refractivity contribution >= 4 is 28.0 Å². The molecule has 0 aliphatic heterocycles. The minimum atomic E-state index is -0.333. The average Bonchev–Trinajstić information content (AvgIpc) is 3.54. The van der Waals surface area contributed by atoms with E-state index in [1.165, 1.54) is 23.1 Å². The van der Waals surface area contributed by atoms with Crippen molar-refractivity contribution in [2.24, 2.45) is 0 Å². The van der Waals surface area contributed by atoms with Crippen LogP contribution < -0.4 is 4.74 Å². The Morgan fingerprint density at radius 3 is 2.17 bits per heavy atom. The van der Waals surface area contributed by atoms with Gasteiger partial charge in [-0.05, 0) is 92.6 Å². The highest BCUT2D eigenvalue weighted by molar-refractivity contribution is 6.09. The molecule has 0 aliphatic rings. The molecule has 1 unspecified atom stereocenters. The van der Waals surface area contributed by atoms with Crippen LogP contribution in [0, 0.1) is 6.92 Å². The van der Waals surface area contributed by atoms with Crippen LogP contribution in [0.4, 0.5) is 0 Å². The molecule has 1 aromatic heterocycles. The molecule has 5 rings (SSSR count). The molecule has 48 heavy (non-hydrogen) atoms. The fourth-order valence-corrected chi connectivity index (χ4v) is 6.04. The average molecular weight is 643 g/mol. The molecule has 0 aliphatic carbocycles. The van der Waals surface area contributed by atoms with E-state index in [-0.39, 0.29) is 24.2 Å². The summed E-state index contributed by atoms with van der Waals surface area (Å²) in [7, 11) is 0. The lowest BCUT2D eigenvalue weighted by molar-refractivity contribution is -0.121. The normalized spacial score (nSPS) is 12.0. The Morgan fingerprint density at radius 1 is 0.812 bits per heavy atom. The zero-order valence-corrected chi connectivity index (χ0v) is 29.2. The van der Waals surface area contributed by atoms with Crippen LogP contribution in [0.3, 0.4) is 0 Å². The summed E-state index contributed by atoms with van der Waals surface area (Å²) in [6, 6.07) is 34.3. The number of para-hydroxylation sites is 1. The van der Waals surface area contributed by atoms with Crippen LogP contribution in [0.5, 0.6) is 5.75 Å². The van der Waals surface area contributed by atoms with Gasteiger partial charge in [0.25, 0.3) is 0 Å². The first kappa shape index (κ1) is 36.1. The molecule has 5 heteroatoms. The minimum Gasteiger partial charge on any atom is -0.489 e. The molecule has 1 N–H and O–H groups in total. The predicted octanol–water partition coefficient (Wildman–Crippen LogP) is 10.0. The van der Waals surface area contributed by atoms with E-state index in [9.17, 15) is 9.59 Å². The number of rotatable bonds is 15. The van der Waals surface area contributed by atoms with Gasteiger partial charge in [-0.25, -0.2) is 0 Å². The summed E-state index contributed by atoms with van der Waals surface area (Å²) in [4.78, 5) is 31.2. The molecule has 0 bridgehead atoms. The van der Waals surface area contributed by atoms with E-state index in [0.29, 0.717) is 25.1 Å². The van der Waals surface area contributed by atoms with E-state index in [0.717, 1.165) is 40.6 Å². The third kappa shape index (κ3) is 10.1. The van der Waals surface area contributed by atoms with Crippen molar-refractivity contribution in [3.63, 3.8) is 0 Å². The zero-order valence-electron chi connectivity index (χ0n) is 29.2. The van der Waals surface area contributed by atoms with Crippen molar-refractivity contribution in [3.05, 3.63) is 143 Å². The molecule has 1 heterocycles. The third-order valence-corrected chi connectivity index (χ3v) is 8.62. The molecule has 0 radical (unpaired) electrons. The quantitative estimate of drug-likeness (QED) is 0.115. The van der Waals surface area contributed by atoms with Crippen LogP contribution in [-0.4, -0.2) is 40.6 Å². The number of aryl methyl sites for hydroxylation is 2. The van der Waals surface area contributed by atoms with Crippen molar-refractivity contribution < 1.29 is 14.3 Å². The summed E-state index contributed by atoms with van der Waals surface area (Å²) >= 11 is 0. The molecule has 0 saturated carbocycles. The monoisotopic (exact) mass is 642 g/mol. The maximum Gasteiger partial charge on any atom is 0.178 e. The first-order valence-electron chi connectivity index (χ1n) is 17.1. The second kappa shape index (κ2) is 18.6. The summed E-state index contributed by atoms with van der Waals surface area (Å²) in [5, 5.41) is 0.928. The smallest absolute Gasteiger partial charge is 0.178 e. The summed E-state index contributed by atoms with van der Waals surface area (Å²) in [5.74, 6) is 1.07. The number of ketones is 2. The van der Waals surface area contributed by atoms with Crippen molar-refractivity contribution in [1.29, 1.82) is 0 Å². The summed E-state index contributed by atoms with van der Waals surface area (Å²) < 4.78 is 5.73. The van der Waals surface area contributed by atoms with Crippen LogP contribution in [0.1, 0.15) is 79.6 Å². The van der Waals surface area contributed by atoms with Gasteiger partial charge in [-0.3, -0.25) is 14.5 Å². The number of carbonyl (C=O) groups is 2. The molecule has 0 spiro atoms. The summed E-state index contributed by atoms with van der Waals surface area (Å²) in [6.45, 7) is 11.6. The van der Waals surface area contributed by atoms with Crippen molar-refractivity contribution in [2.45, 2.75) is 73.0 Å². The minimum absolute atomic E-state index is 0.0371. The number of carbonyl (C=O) groups excluding carboxylic acids is 2. The fraction of sp³-hybridized carbons (Fsp3) is 0.302. The Balaban J connectivity index is 0.000000257. The Hall–Kier alpha value is -4.74. The second-order valence-corrected chi connectivity index (χ2v) is 12.3. The highest BCUT2D eigenvalue weighted by atomic mass is 16.5. The van der Waals surface area contributed by atoms with E-state index in [1.54, 1.807) is 13.1 Å². The number of Topliss-reactive ketones (excluding diaryl/α,β-unsaturated/α-hetero) is 2. The van der Waals surface area contributed by atoms with Crippen molar-refractivity contribution in [3.8, 4) is 5.75 Å². The van der Waals surface area contributed by atoms with Gasteiger partial charge in [-0.2, -0.15) is 0 Å². The number of benzene rings is 4. The Labute approximate surface area is 286 Å². The largest absolute Gasteiger partial charge is 0.489 e. The Morgan fingerprint density at radius 2 is 1.50 bits per heavy atom. The van der Waals surface area contributed by atoms with E-state index in [4.69, 9.17) is 4.74 Å². The van der Waals surface area contributed by atoms with Crippen LogP contribution in [-0.2, 0) is 17.8 Å². The number of ether oxygens (including phenoxy) is 1. The maximum atomic E-state index is 13.2. The number of hydrogen-bond donors (Lipinski definition) is 1. The van der Waals surface area contributed by atoms with Crippen LogP contribution in [0.25, 0.3) is 16.5 Å². The molecule has 5 nitrogen and oxygen atoms in total. The van der Waals surface area contributed by atoms with E-state index >= 15 is 0 Å². The molecule has 0 fully saturated rings. The van der Waals surface area contributed by atoms with E-state index in [1.807, 2.05) is 78.6 Å². The highest BCUT2D eigenvalue weighted by Gasteiger charge is 2.27. The van der Waals surface area contributed by atoms with Gasteiger partial charge in [0.2, 0.25) is 0 Å². The standard InChI is InChI=1S/C27H32N2O2.C16H18O/c1-5-15-29(18-27(31)24-17-28-25-14-10-9-13-23(24)25)26(20(4)30)16-21(6-2)22-12-8-7-11-19(22)3;1-2-6-14-9-11-16(12-10-14)17-13-15-7-4-3-5-8-15/h6-14,17,26,28H,5,15-16,18H2,1-4H3;3-5,7-12H,2,6,13H2,1H3/b21-6-;. The molecule has 250 valence electrons. The van der Waals surface area contributed by atoms with Gasteiger partial charge < -0.3 is 9.72 Å². The SMILES string of the molecule is C/C=C(/CC(C(C)=O)N(CCC)CC(=O)c1c[nH]c2ccccc12)c1ccccc1C.CCCc1ccc(OCc2ccccc2)cc1. The van der Waals surface area contributed by atoms with Gasteiger partial charge in [-0.15, -0.1) is 0 Å². The molecular weight excluding hydrogens is 592 g/mol. The van der Waals surface area contributed by atoms with Gasteiger partial charge >= 0.3 is 0 Å². The molecule has 0 saturated heterocycles. The van der Waals surface area contributed by atoms with Gasteiger partial charge in [0.05, 0.1) is 12.6 Å². The maximum absolute atomic E-state index is 13.2. The van der Waals surface area contributed by atoms with E-state index < -0.39 is 0 Å². The number of nitrogens with one attached hydrogen (secondary N) is 1. The predicted molar refractivity (Wildman–Crippen MR) is 200 cm³/mol. The molecule has 1 atom stereocenters. The number of fused-ring (bicyclic) bond motifs is 1. The fourth-order valence-electron chi connectivity index (χ4n) is 6.04. The molecule has 5 aromatic rings. The Kier molecular flexibility index (Phi) is 14.0. The molecule has 0 amide bonds. The molecule has 4 aromatic carbocycles. The van der Waals surface area contributed by atoms with Gasteiger partial charge in [0.1, 0.15) is 18.1 Å². The van der Waals surface area contributed by atoms with Crippen LogP contribution in [0.15, 0.2) is 115 Å². The van der Waals surface area contributed by atoms with Crippen molar-refractivity contribution in [1.82, 2.24) is 9.88 Å². The van der Waals surface area contributed by atoms with Crippen molar-refractivity contribution in [2.75, 3.05) is 13.1 Å². The zero-order chi connectivity index (χ0) is 34.3. The second-order valence-electron chi connectivity index (χ2n) is 12.3. The summed E-state index contributed by atoms with van der Waals surface area (Å²) in [6.07, 6.45) is 7.66. The topological polar surface area (TPSA) is 62.4 Å². The van der Waals surface area contributed by atoms with Gasteiger partial charge in [-0.1, -0.05) is 111 Å². The highest BCUT2D eigenvalue weighted by Crippen LogP contribution is 2.26. The first-order valence-corrected chi connectivity index (χ1v) is 17.1. The van der Waals surface area contributed by atoms with Gasteiger partial charge in [0, 0.05) is 22.7 Å². The number of nitrogens with zero attached hydrogens (tertiary/aromatic N) is 1. The number of H-pyrrole nitrogens is 1.